The van der Waals surface area contributed by atoms with Crippen LogP contribution < -0.4 is 9.64 Å². The minimum atomic E-state index is -0.826. The molecule has 2 aliphatic rings. The fraction of sp³-hybridized carbons (Fsp3) is 0.500. The SMILES string of the molecule is COc1cncc(N2C[C@H]3CN(C(=O)O)C[C@H]32)c1. The average Bonchev–Trinajstić information content (AvgIpc) is 2.68. The topological polar surface area (TPSA) is 65.9 Å². The van der Waals surface area contributed by atoms with Gasteiger partial charge in [0.2, 0.25) is 0 Å². The maximum Gasteiger partial charge on any atom is 0.407 e. The molecule has 0 aliphatic carbocycles. The number of nitrogens with zero attached hydrogens (tertiary/aromatic N) is 3. The van der Waals surface area contributed by atoms with Crippen LogP contribution >= 0.6 is 0 Å². The van der Waals surface area contributed by atoms with Gasteiger partial charge in [0.25, 0.3) is 0 Å². The van der Waals surface area contributed by atoms with E-state index in [0.29, 0.717) is 19.0 Å². The van der Waals surface area contributed by atoms with Crippen LogP contribution in [-0.4, -0.2) is 53.9 Å². The smallest absolute Gasteiger partial charge is 0.407 e. The lowest BCUT2D eigenvalue weighted by Crippen LogP contribution is -2.55. The van der Waals surface area contributed by atoms with E-state index in [2.05, 4.69) is 9.88 Å². The first-order valence-corrected chi connectivity index (χ1v) is 5.92. The molecule has 1 amide bonds. The quantitative estimate of drug-likeness (QED) is 0.843. The minimum absolute atomic E-state index is 0.287. The number of ether oxygens (including phenoxy) is 1. The van der Waals surface area contributed by atoms with E-state index in [9.17, 15) is 4.79 Å². The van der Waals surface area contributed by atoms with E-state index < -0.39 is 6.09 Å². The van der Waals surface area contributed by atoms with Gasteiger partial charge in [-0.3, -0.25) is 4.98 Å². The number of fused-ring (bicyclic) bond motifs is 1. The van der Waals surface area contributed by atoms with Crippen molar-refractivity contribution in [2.45, 2.75) is 6.04 Å². The molecule has 2 atom stereocenters. The first kappa shape index (κ1) is 11.1. The molecule has 6 nitrogen and oxygen atoms in total. The summed E-state index contributed by atoms with van der Waals surface area (Å²) in [5.74, 6) is 1.18. The maximum absolute atomic E-state index is 10.9. The van der Waals surface area contributed by atoms with E-state index in [1.165, 1.54) is 4.90 Å². The summed E-state index contributed by atoms with van der Waals surface area (Å²) >= 11 is 0. The second-order valence-electron chi connectivity index (χ2n) is 4.75. The Morgan fingerprint density at radius 2 is 2.28 bits per heavy atom. The number of methoxy groups -OCH3 is 1. The van der Waals surface area contributed by atoms with Crippen LogP contribution in [0.2, 0.25) is 0 Å². The van der Waals surface area contributed by atoms with Crippen molar-refractivity contribution in [3.63, 3.8) is 0 Å². The lowest BCUT2D eigenvalue weighted by molar-refractivity contribution is 0.155. The summed E-state index contributed by atoms with van der Waals surface area (Å²) in [6.45, 7) is 2.12. The molecule has 2 aliphatic heterocycles. The molecule has 2 saturated heterocycles. The largest absolute Gasteiger partial charge is 0.495 e. The van der Waals surface area contributed by atoms with E-state index in [0.717, 1.165) is 18.0 Å². The average molecular weight is 249 g/mol. The van der Waals surface area contributed by atoms with Crippen molar-refractivity contribution >= 4 is 11.8 Å². The summed E-state index contributed by atoms with van der Waals surface area (Å²) < 4.78 is 5.15. The minimum Gasteiger partial charge on any atom is -0.495 e. The highest BCUT2D eigenvalue weighted by Gasteiger charge is 2.47. The predicted molar refractivity (Wildman–Crippen MR) is 65.0 cm³/mol. The molecule has 0 saturated carbocycles. The third-order valence-electron chi connectivity index (χ3n) is 3.77. The van der Waals surface area contributed by atoms with Crippen molar-refractivity contribution in [3.05, 3.63) is 18.5 Å². The Balaban J connectivity index is 1.74. The molecule has 1 N–H and O–H groups in total. The van der Waals surface area contributed by atoms with Crippen LogP contribution in [0.25, 0.3) is 0 Å². The highest BCUT2D eigenvalue weighted by atomic mass is 16.5. The lowest BCUT2D eigenvalue weighted by atomic mass is 9.91. The Morgan fingerprint density at radius 3 is 3.00 bits per heavy atom. The molecule has 18 heavy (non-hydrogen) atoms. The van der Waals surface area contributed by atoms with Crippen molar-refractivity contribution in [2.75, 3.05) is 31.6 Å². The zero-order valence-electron chi connectivity index (χ0n) is 10.1. The number of amides is 1. The van der Waals surface area contributed by atoms with E-state index in [1.807, 2.05) is 6.07 Å². The van der Waals surface area contributed by atoms with Crippen LogP contribution in [0, 0.1) is 5.92 Å². The molecule has 1 aromatic rings. The van der Waals surface area contributed by atoms with Gasteiger partial charge in [0.05, 0.1) is 31.2 Å². The fourth-order valence-electron chi connectivity index (χ4n) is 2.77. The summed E-state index contributed by atoms with van der Waals surface area (Å²) in [5.41, 5.74) is 1.00. The van der Waals surface area contributed by atoms with Crippen molar-refractivity contribution < 1.29 is 14.6 Å². The van der Waals surface area contributed by atoms with Gasteiger partial charge in [0.15, 0.2) is 0 Å². The number of carboxylic acid groups (broad SMARTS) is 1. The van der Waals surface area contributed by atoms with Crippen LogP contribution in [0.15, 0.2) is 18.5 Å². The van der Waals surface area contributed by atoms with Gasteiger partial charge in [-0.25, -0.2) is 4.79 Å². The Bertz CT molecular complexity index is 479. The third-order valence-corrected chi connectivity index (χ3v) is 3.77. The molecule has 0 radical (unpaired) electrons. The van der Waals surface area contributed by atoms with Gasteiger partial charge < -0.3 is 19.6 Å². The van der Waals surface area contributed by atoms with Gasteiger partial charge in [0, 0.05) is 31.6 Å². The summed E-state index contributed by atoms with van der Waals surface area (Å²) in [6, 6.07) is 2.22. The van der Waals surface area contributed by atoms with Crippen LogP contribution in [-0.2, 0) is 0 Å². The fourth-order valence-corrected chi connectivity index (χ4v) is 2.77. The number of hydrogen-bond donors (Lipinski definition) is 1. The number of rotatable bonds is 2. The van der Waals surface area contributed by atoms with Gasteiger partial charge >= 0.3 is 6.09 Å². The normalized spacial score (nSPS) is 25.6. The predicted octanol–water partition coefficient (Wildman–Crippen LogP) is 0.889. The molecule has 0 aromatic carbocycles. The maximum atomic E-state index is 10.9. The molecule has 0 spiro atoms. The molecular formula is C12H15N3O3. The highest BCUT2D eigenvalue weighted by Crippen LogP contribution is 2.36. The summed E-state index contributed by atoms with van der Waals surface area (Å²) in [6.07, 6.45) is 2.63. The van der Waals surface area contributed by atoms with Crippen molar-refractivity contribution in [2.24, 2.45) is 5.92 Å². The number of hydrogen-bond acceptors (Lipinski definition) is 4. The first-order chi connectivity index (χ1) is 8.69. The molecule has 6 heteroatoms. The summed E-state index contributed by atoms with van der Waals surface area (Å²) in [5, 5.41) is 8.99. The van der Waals surface area contributed by atoms with Crippen molar-refractivity contribution in [3.8, 4) is 5.75 Å². The Kier molecular flexibility index (Phi) is 2.50. The van der Waals surface area contributed by atoms with Gasteiger partial charge in [-0.15, -0.1) is 0 Å². The zero-order chi connectivity index (χ0) is 12.7. The van der Waals surface area contributed by atoms with E-state index in [-0.39, 0.29) is 6.04 Å². The molecule has 2 fully saturated rings. The van der Waals surface area contributed by atoms with Crippen LogP contribution in [0.1, 0.15) is 0 Å². The van der Waals surface area contributed by atoms with Crippen molar-refractivity contribution in [1.29, 1.82) is 0 Å². The number of anilines is 1. The summed E-state index contributed by atoms with van der Waals surface area (Å²) in [4.78, 5) is 18.8. The second-order valence-corrected chi connectivity index (χ2v) is 4.75. The Hall–Kier alpha value is -1.98. The third kappa shape index (κ3) is 1.64. The molecular weight excluding hydrogens is 234 g/mol. The molecule has 96 valence electrons. The molecule has 3 heterocycles. The van der Waals surface area contributed by atoms with Gasteiger partial charge in [-0.05, 0) is 0 Å². The number of aromatic nitrogens is 1. The van der Waals surface area contributed by atoms with E-state index in [1.54, 1.807) is 19.5 Å². The standard InChI is InChI=1S/C12H15N3O3/c1-18-10-2-9(3-13-4-10)15-6-8-5-14(12(16)17)7-11(8)15/h2-4,8,11H,5-7H2,1H3,(H,16,17)/t8-,11-/m1/s1. The molecule has 1 aromatic heterocycles. The Labute approximate surface area is 105 Å². The zero-order valence-corrected chi connectivity index (χ0v) is 10.1. The number of likely N-dealkylation sites (tertiary alicyclic amines) is 1. The number of pyridine rings is 1. The first-order valence-electron chi connectivity index (χ1n) is 5.92. The molecule has 3 rings (SSSR count). The van der Waals surface area contributed by atoms with E-state index in [4.69, 9.17) is 9.84 Å². The van der Waals surface area contributed by atoms with Crippen LogP contribution in [0.4, 0.5) is 10.5 Å². The monoisotopic (exact) mass is 249 g/mol. The van der Waals surface area contributed by atoms with Crippen LogP contribution in [0.3, 0.4) is 0 Å². The second kappa shape index (κ2) is 4.04. The van der Waals surface area contributed by atoms with Crippen molar-refractivity contribution in [1.82, 2.24) is 9.88 Å². The van der Waals surface area contributed by atoms with Gasteiger partial charge in [-0.1, -0.05) is 0 Å². The highest BCUT2D eigenvalue weighted by molar-refractivity contribution is 5.66. The number of carbonyl (C=O) groups is 1. The Morgan fingerprint density at radius 1 is 1.44 bits per heavy atom. The lowest BCUT2D eigenvalue weighted by Gasteiger charge is -2.45. The molecule has 0 bridgehead atoms. The van der Waals surface area contributed by atoms with Crippen LogP contribution in [0.5, 0.6) is 5.75 Å². The van der Waals surface area contributed by atoms with E-state index >= 15 is 0 Å². The van der Waals surface area contributed by atoms with Gasteiger partial charge in [-0.2, -0.15) is 0 Å². The molecule has 0 unspecified atom stereocenters. The van der Waals surface area contributed by atoms with Gasteiger partial charge in [0.1, 0.15) is 5.75 Å². The summed E-state index contributed by atoms with van der Waals surface area (Å²) in [7, 11) is 1.61.